The number of carbonyl (C=O) groups excluding carboxylic acids is 3. The van der Waals surface area contributed by atoms with E-state index in [1.54, 1.807) is 0 Å². The molecule has 0 aliphatic carbocycles. The summed E-state index contributed by atoms with van der Waals surface area (Å²) in [4.78, 5) is 30.6. The summed E-state index contributed by atoms with van der Waals surface area (Å²) in [6.07, 6.45) is 0. The molecule has 0 aliphatic heterocycles. The third-order valence-electron chi connectivity index (χ3n) is 1.06. The van der Waals surface area contributed by atoms with Crippen LogP contribution in [0.5, 0.6) is 0 Å². The molecule has 0 aliphatic rings. The molecule has 0 spiro atoms. The molecule has 0 aromatic carbocycles. The van der Waals surface area contributed by atoms with Crippen molar-refractivity contribution in [3.63, 3.8) is 0 Å². The maximum atomic E-state index is 9.99. The molecule has 15 heavy (non-hydrogen) atoms. The molecule has 0 unspecified atom stereocenters. The zero-order valence-corrected chi connectivity index (χ0v) is 8.58. The molecule has 0 rings (SSSR count). The van der Waals surface area contributed by atoms with E-state index < -0.39 is 37.5 Å². The van der Waals surface area contributed by atoms with Gasteiger partial charge in [0, 0.05) is 19.6 Å². The van der Waals surface area contributed by atoms with Gasteiger partial charge in [0.2, 0.25) is 0 Å². The Morgan fingerprint density at radius 2 is 1.00 bits per heavy atom. The summed E-state index contributed by atoms with van der Waals surface area (Å²) < 4.78 is 0. The van der Waals surface area contributed by atoms with E-state index >= 15 is 0 Å². The van der Waals surface area contributed by atoms with Gasteiger partial charge in [-0.2, -0.15) is 0 Å². The monoisotopic (exact) mass is 261 g/mol. The molecule has 0 aromatic heterocycles. The van der Waals surface area contributed by atoms with Crippen molar-refractivity contribution in [2.75, 3.05) is 19.6 Å². The van der Waals surface area contributed by atoms with Crippen LogP contribution in [0.25, 0.3) is 0 Å². The summed E-state index contributed by atoms with van der Waals surface area (Å²) in [7, 11) is 0. The first-order valence-electron chi connectivity index (χ1n) is 3.23. The fraction of sp³-hybridized carbons (Fsp3) is 0.500. The van der Waals surface area contributed by atoms with Crippen molar-refractivity contribution in [1.29, 1.82) is 0 Å². The molecular formula is C6H8MnNO7-. The van der Waals surface area contributed by atoms with Gasteiger partial charge in [0.25, 0.3) is 0 Å². The Hall–Kier alpha value is -1.15. The van der Waals surface area contributed by atoms with Gasteiger partial charge in [0.05, 0.1) is 17.9 Å². The number of carboxylic acids is 3. The van der Waals surface area contributed by atoms with Crippen LogP contribution in [0.15, 0.2) is 0 Å². The zero-order valence-electron chi connectivity index (χ0n) is 7.40. The molecule has 87 valence electrons. The van der Waals surface area contributed by atoms with Gasteiger partial charge in [0.1, 0.15) is 0 Å². The molecule has 9 heteroatoms. The number of hydrogen-bond acceptors (Lipinski definition) is 7. The first kappa shape index (κ1) is 19.4. The van der Waals surface area contributed by atoms with Gasteiger partial charge >= 0.3 is 17.1 Å². The standard InChI is InChI=1S/C6H9NO6.Mn.H2O/c8-4(9)1-7(2-5(10)11)3-6(12)13;;/h1-3H2,(H,8,9)(H,10,11)(H,12,13);;1H2/q;+2;/p-3. The van der Waals surface area contributed by atoms with Gasteiger partial charge in [-0.15, -0.1) is 0 Å². The Morgan fingerprint density at radius 1 is 0.800 bits per heavy atom. The van der Waals surface area contributed by atoms with E-state index in [9.17, 15) is 29.7 Å². The second-order valence-electron chi connectivity index (χ2n) is 2.26. The van der Waals surface area contributed by atoms with Crippen molar-refractivity contribution in [1.82, 2.24) is 4.90 Å². The third-order valence-corrected chi connectivity index (χ3v) is 1.06. The second kappa shape index (κ2) is 9.41. The quantitative estimate of drug-likeness (QED) is 0.430. The summed E-state index contributed by atoms with van der Waals surface area (Å²) in [6, 6.07) is 0. The molecular weight excluding hydrogens is 253 g/mol. The Labute approximate surface area is 95.3 Å². The average Bonchev–Trinajstić information content (AvgIpc) is 1.80. The van der Waals surface area contributed by atoms with Gasteiger partial charge in [0.15, 0.2) is 0 Å². The van der Waals surface area contributed by atoms with Gasteiger partial charge in [-0.05, 0) is 0 Å². The number of hydrogen-bond donors (Lipinski definition) is 0. The van der Waals surface area contributed by atoms with Crippen LogP contribution in [0, 0.1) is 0 Å². The topological polar surface area (TPSA) is 155 Å². The van der Waals surface area contributed by atoms with Crippen LogP contribution < -0.4 is 15.3 Å². The van der Waals surface area contributed by atoms with Gasteiger partial charge in [-0.25, -0.2) is 0 Å². The smallest absolute Gasteiger partial charge is 0.549 e. The van der Waals surface area contributed by atoms with Gasteiger partial charge in [-0.3, -0.25) is 4.90 Å². The van der Waals surface area contributed by atoms with E-state index in [-0.39, 0.29) is 22.5 Å². The van der Waals surface area contributed by atoms with Crippen LogP contribution >= 0.6 is 0 Å². The van der Waals surface area contributed by atoms with Crippen molar-refractivity contribution in [3.8, 4) is 0 Å². The molecule has 0 aromatic rings. The molecule has 0 atom stereocenters. The third kappa shape index (κ3) is 12.8. The molecule has 0 bridgehead atoms. The van der Waals surface area contributed by atoms with Crippen molar-refractivity contribution in [3.05, 3.63) is 0 Å². The van der Waals surface area contributed by atoms with Gasteiger partial charge < -0.3 is 35.2 Å². The summed E-state index contributed by atoms with van der Waals surface area (Å²) >= 11 is 0. The number of carboxylic acid groups (broad SMARTS) is 3. The SMILES string of the molecule is O.O=C([O-])CN(CC(=O)[O-])CC(=O)[O-].[Mn+2]. The Morgan fingerprint density at radius 3 is 1.13 bits per heavy atom. The molecule has 0 saturated heterocycles. The van der Waals surface area contributed by atoms with Crippen molar-refractivity contribution < 1.29 is 52.2 Å². The largest absolute Gasteiger partial charge is 2.00 e. The second-order valence-corrected chi connectivity index (χ2v) is 2.26. The first-order chi connectivity index (χ1) is 5.91. The van der Waals surface area contributed by atoms with Crippen LogP contribution in [-0.2, 0) is 31.5 Å². The Balaban J connectivity index is -0.000000720. The predicted octanol–water partition coefficient (Wildman–Crippen LogP) is -6.29. The van der Waals surface area contributed by atoms with E-state index in [4.69, 9.17) is 0 Å². The maximum Gasteiger partial charge on any atom is 2.00 e. The van der Waals surface area contributed by atoms with Crippen molar-refractivity contribution >= 4 is 17.9 Å². The summed E-state index contributed by atoms with van der Waals surface area (Å²) in [5.41, 5.74) is 0. The molecule has 2 N–H and O–H groups in total. The first-order valence-corrected chi connectivity index (χ1v) is 3.23. The molecule has 0 fully saturated rings. The van der Waals surface area contributed by atoms with Crippen LogP contribution in [0.3, 0.4) is 0 Å². The van der Waals surface area contributed by atoms with Crippen molar-refractivity contribution in [2.24, 2.45) is 0 Å². The maximum absolute atomic E-state index is 9.99. The Bertz CT molecular complexity index is 193. The van der Waals surface area contributed by atoms with E-state index in [0.717, 1.165) is 0 Å². The molecule has 0 heterocycles. The fourth-order valence-corrected chi connectivity index (χ4v) is 0.715. The molecule has 8 nitrogen and oxygen atoms in total. The predicted molar refractivity (Wildman–Crippen MR) is 35.1 cm³/mol. The number of carbonyl (C=O) groups is 3. The number of nitrogens with zero attached hydrogens (tertiary/aromatic N) is 1. The normalized spacial score (nSPS) is 8.60. The summed E-state index contributed by atoms with van der Waals surface area (Å²) in [5.74, 6) is -4.70. The van der Waals surface area contributed by atoms with Crippen LogP contribution in [0.2, 0.25) is 0 Å². The van der Waals surface area contributed by atoms with Crippen LogP contribution in [-0.4, -0.2) is 47.9 Å². The van der Waals surface area contributed by atoms with E-state index in [2.05, 4.69) is 0 Å². The fourth-order valence-electron chi connectivity index (χ4n) is 0.715. The number of aliphatic carboxylic acids is 3. The van der Waals surface area contributed by atoms with Crippen LogP contribution in [0.1, 0.15) is 0 Å². The molecule has 0 amide bonds. The van der Waals surface area contributed by atoms with E-state index in [1.165, 1.54) is 0 Å². The summed E-state index contributed by atoms with van der Waals surface area (Å²) in [5, 5.41) is 30.0. The summed E-state index contributed by atoms with van der Waals surface area (Å²) in [6.45, 7) is -2.37. The van der Waals surface area contributed by atoms with Crippen LogP contribution in [0.4, 0.5) is 0 Å². The minimum atomic E-state index is -1.57. The molecule has 1 radical (unpaired) electrons. The number of rotatable bonds is 6. The Kier molecular flexibility index (Phi) is 12.2. The van der Waals surface area contributed by atoms with Crippen molar-refractivity contribution in [2.45, 2.75) is 0 Å². The zero-order chi connectivity index (χ0) is 10.4. The van der Waals surface area contributed by atoms with E-state index in [0.29, 0.717) is 4.90 Å². The average molecular weight is 261 g/mol. The minimum absolute atomic E-state index is 0. The minimum Gasteiger partial charge on any atom is -0.549 e. The molecule has 0 saturated carbocycles. The van der Waals surface area contributed by atoms with Gasteiger partial charge in [-0.1, -0.05) is 0 Å². The van der Waals surface area contributed by atoms with E-state index in [1.807, 2.05) is 0 Å².